The molecule has 0 spiro atoms. The van der Waals surface area contributed by atoms with Gasteiger partial charge in [-0.05, 0) is 36.4 Å². The van der Waals surface area contributed by atoms with E-state index in [1.165, 1.54) is 5.56 Å². The Morgan fingerprint density at radius 2 is 1.89 bits per heavy atom. The predicted octanol–water partition coefficient (Wildman–Crippen LogP) is 3.04. The first-order valence-corrected chi connectivity index (χ1v) is 9.03. The summed E-state index contributed by atoms with van der Waals surface area (Å²) in [4.78, 5) is 24.9. The summed E-state index contributed by atoms with van der Waals surface area (Å²) in [6, 6.07) is 12.0. The van der Waals surface area contributed by atoms with Crippen LogP contribution in [0, 0.1) is 0 Å². The second-order valence-corrected chi connectivity index (χ2v) is 6.72. The molecule has 5 heterocycles. The van der Waals surface area contributed by atoms with Gasteiger partial charge >= 0.3 is 0 Å². The first kappa shape index (κ1) is 16.0. The van der Waals surface area contributed by atoms with E-state index in [0.717, 1.165) is 59.9 Å². The minimum atomic E-state index is 0.748. The van der Waals surface area contributed by atoms with Crippen LogP contribution in [-0.2, 0) is 19.5 Å². The average Bonchev–Trinajstić information content (AvgIpc) is 2.74. The molecule has 0 atom stereocenters. The van der Waals surface area contributed by atoms with Gasteiger partial charge in [-0.15, -0.1) is 0 Å². The van der Waals surface area contributed by atoms with Crippen molar-refractivity contribution in [2.24, 2.45) is 0 Å². The summed E-state index contributed by atoms with van der Waals surface area (Å²) < 4.78 is 0. The number of pyridine rings is 3. The molecule has 1 aliphatic heterocycles. The molecular formula is C21H18N6. The van der Waals surface area contributed by atoms with Gasteiger partial charge < -0.3 is 0 Å². The van der Waals surface area contributed by atoms with Gasteiger partial charge in [-0.25, -0.2) is 19.9 Å². The molecule has 4 aromatic heterocycles. The van der Waals surface area contributed by atoms with Gasteiger partial charge in [0.25, 0.3) is 0 Å². The van der Waals surface area contributed by atoms with E-state index in [-0.39, 0.29) is 0 Å². The van der Waals surface area contributed by atoms with Crippen molar-refractivity contribution in [1.29, 1.82) is 0 Å². The number of aromatic nitrogens is 5. The molecule has 0 aliphatic carbocycles. The van der Waals surface area contributed by atoms with Crippen LogP contribution in [0.2, 0.25) is 0 Å². The first-order chi connectivity index (χ1) is 13.3. The van der Waals surface area contributed by atoms with Crippen molar-refractivity contribution in [2.45, 2.75) is 19.5 Å². The normalized spacial score (nSPS) is 14.2. The number of nitrogens with zero attached hydrogens (tertiary/aromatic N) is 6. The zero-order chi connectivity index (χ0) is 18.1. The largest absolute Gasteiger partial charge is 0.293 e. The molecule has 6 nitrogen and oxygen atoms in total. The zero-order valence-corrected chi connectivity index (χ0v) is 14.8. The quantitative estimate of drug-likeness (QED) is 0.563. The standard InChI is InChI=1S/C21H18N6/c1-4-16(11-22-8-1)21-24-12-17-13-27(10-7-19(17)26-21)14-18-6-5-15-3-2-9-23-20(15)25-18/h1-6,8-9,11-12H,7,10,13-14H2. The Labute approximate surface area is 157 Å². The van der Waals surface area contributed by atoms with Crippen molar-refractivity contribution < 1.29 is 0 Å². The molecule has 5 rings (SSSR count). The van der Waals surface area contributed by atoms with E-state index in [9.17, 15) is 0 Å². The van der Waals surface area contributed by atoms with E-state index >= 15 is 0 Å². The minimum Gasteiger partial charge on any atom is -0.293 e. The summed E-state index contributed by atoms with van der Waals surface area (Å²) in [5.41, 5.74) is 5.12. The first-order valence-electron chi connectivity index (χ1n) is 9.03. The monoisotopic (exact) mass is 354 g/mol. The predicted molar refractivity (Wildman–Crippen MR) is 103 cm³/mol. The smallest absolute Gasteiger partial charge is 0.160 e. The van der Waals surface area contributed by atoms with Crippen molar-refractivity contribution in [1.82, 2.24) is 29.8 Å². The summed E-state index contributed by atoms with van der Waals surface area (Å²) in [7, 11) is 0. The van der Waals surface area contributed by atoms with Gasteiger partial charge in [0.1, 0.15) is 0 Å². The lowest BCUT2D eigenvalue weighted by molar-refractivity contribution is 0.240. The Balaban J connectivity index is 1.34. The Hall–Kier alpha value is -3.25. The van der Waals surface area contributed by atoms with E-state index in [4.69, 9.17) is 4.98 Å². The summed E-state index contributed by atoms with van der Waals surface area (Å²) in [5, 5.41) is 1.07. The fourth-order valence-electron chi connectivity index (χ4n) is 3.45. The SMILES string of the molecule is c1cncc(-c2ncc3c(n2)CCN(Cc2ccc4cccnc4n2)C3)c1. The molecule has 132 valence electrons. The summed E-state index contributed by atoms with van der Waals surface area (Å²) in [6.07, 6.45) is 8.21. The van der Waals surface area contributed by atoms with Crippen molar-refractivity contribution in [2.75, 3.05) is 6.54 Å². The number of hydrogen-bond acceptors (Lipinski definition) is 6. The Morgan fingerprint density at radius 3 is 2.81 bits per heavy atom. The van der Waals surface area contributed by atoms with Crippen LogP contribution in [0.4, 0.5) is 0 Å². The third-order valence-electron chi connectivity index (χ3n) is 4.84. The third-order valence-corrected chi connectivity index (χ3v) is 4.84. The topological polar surface area (TPSA) is 67.7 Å². The Bertz CT molecular complexity index is 1100. The Kier molecular flexibility index (Phi) is 4.03. The lowest BCUT2D eigenvalue weighted by atomic mass is 10.1. The molecule has 0 radical (unpaired) electrons. The molecule has 27 heavy (non-hydrogen) atoms. The second-order valence-electron chi connectivity index (χ2n) is 6.72. The second kappa shape index (κ2) is 6.81. The van der Waals surface area contributed by atoms with Gasteiger partial charge in [-0.3, -0.25) is 9.88 Å². The fourth-order valence-corrected chi connectivity index (χ4v) is 3.45. The van der Waals surface area contributed by atoms with Crippen LogP contribution in [-0.4, -0.2) is 36.4 Å². The lowest BCUT2D eigenvalue weighted by Crippen LogP contribution is -2.31. The number of fused-ring (bicyclic) bond motifs is 2. The van der Waals surface area contributed by atoms with Gasteiger partial charge in [0.05, 0.1) is 11.4 Å². The van der Waals surface area contributed by atoms with Crippen LogP contribution < -0.4 is 0 Å². The van der Waals surface area contributed by atoms with E-state index < -0.39 is 0 Å². The third kappa shape index (κ3) is 3.27. The molecule has 0 fully saturated rings. The minimum absolute atomic E-state index is 0.748. The zero-order valence-electron chi connectivity index (χ0n) is 14.8. The molecule has 6 heteroatoms. The molecule has 0 saturated carbocycles. The number of hydrogen-bond donors (Lipinski definition) is 0. The molecule has 0 N–H and O–H groups in total. The lowest BCUT2D eigenvalue weighted by Gasteiger charge is -2.27. The molecule has 1 aliphatic rings. The van der Waals surface area contributed by atoms with Gasteiger partial charge in [0, 0.05) is 67.4 Å². The summed E-state index contributed by atoms with van der Waals surface area (Å²) >= 11 is 0. The maximum atomic E-state index is 4.76. The van der Waals surface area contributed by atoms with Gasteiger partial charge in [0.2, 0.25) is 0 Å². The summed E-state index contributed by atoms with van der Waals surface area (Å²) in [5.74, 6) is 0.748. The van der Waals surface area contributed by atoms with Gasteiger partial charge in [0.15, 0.2) is 11.5 Å². The van der Waals surface area contributed by atoms with Crippen molar-refractivity contribution in [3.8, 4) is 11.4 Å². The van der Waals surface area contributed by atoms with Gasteiger partial charge in [-0.1, -0.05) is 0 Å². The van der Waals surface area contributed by atoms with Crippen molar-refractivity contribution in [3.63, 3.8) is 0 Å². The molecule has 0 aromatic carbocycles. The molecule has 0 bridgehead atoms. The molecule has 0 unspecified atom stereocenters. The van der Waals surface area contributed by atoms with E-state index in [1.54, 1.807) is 18.6 Å². The van der Waals surface area contributed by atoms with Crippen molar-refractivity contribution >= 4 is 11.0 Å². The van der Waals surface area contributed by atoms with Crippen molar-refractivity contribution in [3.05, 3.63) is 78.1 Å². The molecule has 0 amide bonds. The highest BCUT2D eigenvalue weighted by atomic mass is 15.1. The van der Waals surface area contributed by atoms with Crippen LogP contribution >= 0.6 is 0 Å². The van der Waals surface area contributed by atoms with Crippen LogP contribution in [0.25, 0.3) is 22.4 Å². The van der Waals surface area contributed by atoms with E-state index in [0.29, 0.717) is 0 Å². The highest BCUT2D eigenvalue weighted by molar-refractivity contribution is 5.74. The fraction of sp³-hybridized carbons (Fsp3) is 0.190. The average molecular weight is 354 g/mol. The number of rotatable bonds is 3. The van der Waals surface area contributed by atoms with E-state index in [1.807, 2.05) is 30.5 Å². The van der Waals surface area contributed by atoms with Crippen LogP contribution in [0.3, 0.4) is 0 Å². The maximum Gasteiger partial charge on any atom is 0.160 e. The van der Waals surface area contributed by atoms with Crippen LogP contribution in [0.5, 0.6) is 0 Å². The summed E-state index contributed by atoms with van der Waals surface area (Å²) in [6.45, 7) is 2.60. The Morgan fingerprint density at radius 1 is 0.926 bits per heavy atom. The molecule has 4 aromatic rings. The maximum absolute atomic E-state index is 4.76. The highest BCUT2D eigenvalue weighted by Crippen LogP contribution is 2.22. The van der Waals surface area contributed by atoms with Crippen LogP contribution in [0.1, 0.15) is 17.0 Å². The molecule has 0 saturated heterocycles. The van der Waals surface area contributed by atoms with Gasteiger partial charge in [-0.2, -0.15) is 0 Å². The highest BCUT2D eigenvalue weighted by Gasteiger charge is 2.19. The molecular weight excluding hydrogens is 336 g/mol. The van der Waals surface area contributed by atoms with E-state index in [2.05, 4.69) is 37.0 Å². The van der Waals surface area contributed by atoms with Crippen LogP contribution in [0.15, 0.2) is 61.2 Å².